The van der Waals surface area contributed by atoms with E-state index in [4.69, 9.17) is 15.2 Å². The Labute approximate surface area is 157 Å². The molecule has 1 saturated heterocycles. The quantitative estimate of drug-likeness (QED) is 0.854. The van der Waals surface area contributed by atoms with Crippen molar-refractivity contribution in [3.05, 3.63) is 17.8 Å². The summed E-state index contributed by atoms with van der Waals surface area (Å²) in [7, 11) is 0. The first-order valence-electron chi connectivity index (χ1n) is 9.56. The fourth-order valence-electron chi connectivity index (χ4n) is 3.35. The van der Waals surface area contributed by atoms with Crippen molar-refractivity contribution in [2.24, 2.45) is 5.92 Å². The van der Waals surface area contributed by atoms with Crippen molar-refractivity contribution < 1.29 is 14.3 Å². The van der Waals surface area contributed by atoms with E-state index in [9.17, 15) is 4.79 Å². The number of hydrogen-bond acceptors (Lipinski definition) is 5. The third kappa shape index (κ3) is 5.78. The maximum Gasteiger partial charge on any atom is 0.410 e. The van der Waals surface area contributed by atoms with Gasteiger partial charge in [-0.15, -0.1) is 0 Å². The number of anilines is 1. The summed E-state index contributed by atoms with van der Waals surface area (Å²) in [5.74, 6) is 1.23. The predicted molar refractivity (Wildman–Crippen MR) is 103 cm³/mol. The van der Waals surface area contributed by atoms with Crippen molar-refractivity contribution in [3.8, 4) is 5.88 Å². The average Bonchev–Trinajstić information content (AvgIpc) is 2.54. The lowest BCUT2D eigenvalue weighted by Crippen LogP contribution is -2.46. The number of nitrogens with two attached hydrogens (primary N) is 1. The van der Waals surface area contributed by atoms with E-state index >= 15 is 0 Å². The molecule has 1 fully saturated rings. The topological polar surface area (TPSA) is 77.7 Å². The Balaban J connectivity index is 1.80. The maximum absolute atomic E-state index is 12.3. The minimum absolute atomic E-state index is 0.185. The molecule has 26 heavy (non-hydrogen) atoms. The highest BCUT2D eigenvalue weighted by molar-refractivity contribution is 5.68. The minimum Gasteiger partial charge on any atom is -0.477 e. The molecule has 1 amide bonds. The Bertz CT molecular complexity index is 613. The Hall–Kier alpha value is -1.98. The van der Waals surface area contributed by atoms with Crippen LogP contribution in [0.4, 0.5) is 10.5 Å². The fourth-order valence-corrected chi connectivity index (χ4v) is 3.35. The molecular weight excluding hydrogens is 330 g/mol. The summed E-state index contributed by atoms with van der Waals surface area (Å²) in [4.78, 5) is 18.4. The van der Waals surface area contributed by atoms with Gasteiger partial charge < -0.3 is 20.1 Å². The molecule has 1 aromatic rings. The second-order valence-electron chi connectivity index (χ2n) is 8.14. The SMILES string of the molecule is CCc1cc(N)cnc1OCC[C@@H]1CCN(C(=O)OC(C)(C)C)[C@H](C)C1. The van der Waals surface area contributed by atoms with Crippen LogP contribution in [-0.2, 0) is 11.2 Å². The Morgan fingerprint density at radius 3 is 2.77 bits per heavy atom. The van der Waals surface area contributed by atoms with E-state index in [-0.39, 0.29) is 12.1 Å². The second kappa shape index (κ2) is 8.60. The van der Waals surface area contributed by atoms with Crippen molar-refractivity contribution in [3.63, 3.8) is 0 Å². The summed E-state index contributed by atoms with van der Waals surface area (Å²) in [6.07, 6.45) is 5.18. The Kier molecular flexibility index (Phi) is 6.73. The molecule has 6 nitrogen and oxygen atoms in total. The molecule has 2 rings (SSSR count). The number of carbonyl (C=O) groups excluding carboxylic acids is 1. The maximum atomic E-state index is 12.3. The summed E-state index contributed by atoms with van der Waals surface area (Å²) in [6.45, 7) is 11.2. The van der Waals surface area contributed by atoms with Crippen LogP contribution in [0.2, 0.25) is 0 Å². The van der Waals surface area contributed by atoms with Crippen molar-refractivity contribution in [2.75, 3.05) is 18.9 Å². The molecule has 0 saturated carbocycles. The number of likely N-dealkylation sites (tertiary alicyclic amines) is 1. The van der Waals surface area contributed by atoms with Crippen LogP contribution in [0.3, 0.4) is 0 Å². The first-order chi connectivity index (χ1) is 12.2. The zero-order valence-electron chi connectivity index (χ0n) is 16.7. The Morgan fingerprint density at radius 2 is 2.15 bits per heavy atom. The van der Waals surface area contributed by atoms with Crippen LogP contribution in [0.5, 0.6) is 5.88 Å². The van der Waals surface area contributed by atoms with Crippen LogP contribution >= 0.6 is 0 Å². The van der Waals surface area contributed by atoms with E-state index in [0.717, 1.165) is 37.8 Å². The molecule has 0 radical (unpaired) electrons. The number of amides is 1. The number of rotatable bonds is 5. The van der Waals surface area contributed by atoms with Gasteiger partial charge in [0, 0.05) is 18.2 Å². The molecule has 0 unspecified atom stereocenters. The molecule has 1 aliphatic heterocycles. The number of aromatic nitrogens is 1. The summed E-state index contributed by atoms with van der Waals surface area (Å²) < 4.78 is 11.4. The monoisotopic (exact) mass is 363 g/mol. The van der Waals surface area contributed by atoms with Gasteiger partial charge in [0.25, 0.3) is 0 Å². The van der Waals surface area contributed by atoms with Gasteiger partial charge in [0.2, 0.25) is 5.88 Å². The number of nitrogen functional groups attached to an aromatic ring is 1. The van der Waals surface area contributed by atoms with Gasteiger partial charge in [-0.1, -0.05) is 6.92 Å². The summed E-state index contributed by atoms with van der Waals surface area (Å²) in [6, 6.07) is 2.11. The second-order valence-corrected chi connectivity index (χ2v) is 8.14. The lowest BCUT2D eigenvalue weighted by Gasteiger charge is -2.38. The molecular formula is C20H33N3O3. The minimum atomic E-state index is -0.454. The molecule has 6 heteroatoms. The molecule has 2 heterocycles. The number of hydrogen-bond donors (Lipinski definition) is 1. The highest BCUT2D eigenvalue weighted by Gasteiger charge is 2.31. The van der Waals surface area contributed by atoms with Crippen molar-refractivity contribution in [1.82, 2.24) is 9.88 Å². The molecule has 1 aliphatic rings. The van der Waals surface area contributed by atoms with Gasteiger partial charge in [-0.2, -0.15) is 0 Å². The molecule has 2 atom stereocenters. The predicted octanol–water partition coefficient (Wildman–Crippen LogP) is 4.03. The smallest absolute Gasteiger partial charge is 0.410 e. The first kappa shape index (κ1) is 20.3. The van der Waals surface area contributed by atoms with Crippen molar-refractivity contribution >= 4 is 11.8 Å². The zero-order valence-corrected chi connectivity index (χ0v) is 16.7. The van der Waals surface area contributed by atoms with E-state index < -0.39 is 5.60 Å². The molecule has 0 bridgehead atoms. The van der Waals surface area contributed by atoms with Crippen LogP contribution in [0.15, 0.2) is 12.3 Å². The highest BCUT2D eigenvalue weighted by Crippen LogP contribution is 2.27. The lowest BCUT2D eigenvalue weighted by molar-refractivity contribution is 0.00612. The fraction of sp³-hybridized carbons (Fsp3) is 0.700. The molecule has 1 aromatic heterocycles. The van der Waals surface area contributed by atoms with E-state index in [2.05, 4.69) is 18.8 Å². The lowest BCUT2D eigenvalue weighted by atomic mass is 9.89. The van der Waals surface area contributed by atoms with Crippen LogP contribution in [0.25, 0.3) is 0 Å². The van der Waals surface area contributed by atoms with E-state index in [1.165, 1.54) is 0 Å². The molecule has 0 aliphatic carbocycles. The van der Waals surface area contributed by atoms with Gasteiger partial charge >= 0.3 is 6.09 Å². The number of ether oxygens (including phenoxy) is 2. The van der Waals surface area contributed by atoms with Crippen molar-refractivity contribution in [1.29, 1.82) is 0 Å². The van der Waals surface area contributed by atoms with E-state index in [1.54, 1.807) is 6.20 Å². The highest BCUT2D eigenvalue weighted by atomic mass is 16.6. The number of pyridine rings is 1. The van der Waals surface area contributed by atoms with Gasteiger partial charge in [-0.05, 0) is 65.4 Å². The first-order valence-corrected chi connectivity index (χ1v) is 9.56. The molecule has 146 valence electrons. The zero-order chi connectivity index (χ0) is 19.3. The van der Waals surface area contributed by atoms with Crippen LogP contribution in [0, 0.1) is 5.92 Å². The summed E-state index contributed by atoms with van der Waals surface area (Å²) in [5.41, 5.74) is 7.03. The summed E-state index contributed by atoms with van der Waals surface area (Å²) in [5, 5.41) is 0. The van der Waals surface area contributed by atoms with Gasteiger partial charge in [0.15, 0.2) is 0 Å². The van der Waals surface area contributed by atoms with Gasteiger partial charge in [0.1, 0.15) is 5.60 Å². The van der Waals surface area contributed by atoms with E-state index in [1.807, 2.05) is 31.7 Å². The number of aryl methyl sites for hydroxylation is 1. The van der Waals surface area contributed by atoms with Gasteiger partial charge in [0.05, 0.1) is 18.5 Å². The number of nitrogens with zero attached hydrogens (tertiary/aromatic N) is 2. The molecule has 0 spiro atoms. The number of piperidine rings is 1. The van der Waals surface area contributed by atoms with Gasteiger partial charge in [-0.25, -0.2) is 9.78 Å². The molecule has 2 N–H and O–H groups in total. The van der Waals surface area contributed by atoms with Crippen LogP contribution in [-0.4, -0.2) is 40.8 Å². The standard InChI is InChI=1S/C20H33N3O3/c1-6-16-12-17(21)13-22-18(16)25-10-8-15-7-9-23(14(2)11-15)19(24)26-20(3,4)5/h12-15H,6-11,21H2,1-5H3/t14-,15+/m1/s1. The summed E-state index contributed by atoms with van der Waals surface area (Å²) >= 11 is 0. The normalized spacial score (nSPS) is 20.7. The average molecular weight is 364 g/mol. The third-order valence-corrected chi connectivity index (χ3v) is 4.71. The largest absolute Gasteiger partial charge is 0.477 e. The number of carbonyl (C=O) groups is 1. The van der Waals surface area contributed by atoms with Crippen molar-refractivity contribution in [2.45, 2.75) is 71.9 Å². The van der Waals surface area contributed by atoms with Gasteiger partial charge in [-0.3, -0.25) is 0 Å². The van der Waals surface area contributed by atoms with Crippen LogP contribution < -0.4 is 10.5 Å². The Morgan fingerprint density at radius 1 is 1.42 bits per heavy atom. The molecule has 0 aromatic carbocycles. The third-order valence-electron chi connectivity index (χ3n) is 4.71. The van der Waals surface area contributed by atoms with E-state index in [0.29, 0.717) is 24.1 Å². The van der Waals surface area contributed by atoms with Crippen LogP contribution in [0.1, 0.15) is 59.4 Å².